The van der Waals surface area contributed by atoms with Crippen LogP contribution in [0.3, 0.4) is 0 Å². The Morgan fingerprint density at radius 3 is 2.59 bits per heavy atom. The largest absolute Gasteiger partial charge is 0.485 e. The highest BCUT2D eigenvalue weighted by molar-refractivity contribution is 6.33. The highest BCUT2D eigenvalue weighted by atomic mass is 35.5. The molecule has 18 heteroatoms. The molecule has 0 saturated carbocycles. The first-order valence-electron chi connectivity index (χ1n) is 18.8. The first-order valence-corrected chi connectivity index (χ1v) is 19.2. The van der Waals surface area contributed by atoms with Gasteiger partial charge >= 0.3 is 6.18 Å². The summed E-state index contributed by atoms with van der Waals surface area (Å²) in [5.74, 6) is -0.449. The first kappa shape index (κ1) is 39.0. The van der Waals surface area contributed by atoms with Crippen LogP contribution in [0.1, 0.15) is 77.5 Å². The maximum Gasteiger partial charge on any atom is 0.416 e. The molecule has 1 fully saturated rings. The molecule has 0 bridgehead atoms. The van der Waals surface area contributed by atoms with Crippen LogP contribution in [0.25, 0.3) is 11.4 Å². The second kappa shape index (κ2) is 15.5. The van der Waals surface area contributed by atoms with E-state index in [4.69, 9.17) is 26.1 Å². The fourth-order valence-electron chi connectivity index (χ4n) is 7.87. The minimum atomic E-state index is -4.61. The van der Waals surface area contributed by atoms with E-state index in [0.717, 1.165) is 29.3 Å². The van der Waals surface area contributed by atoms with Crippen molar-refractivity contribution in [3.05, 3.63) is 110 Å². The van der Waals surface area contributed by atoms with Crippen LogP contribution in [0.4, 0.5) is 24.5 Å². The Hall–Kier alpha value is -5.81. The van der Waals surface area contributed by atoms with E-state index >= 15 is 0 Å². The van der Waals surface area contributed by atoms with Crippen molar-refractivity contribution >= 4 is 46.1 Å². The number of hydrogen-bond donors (Lipinski definition) is 1. The first-order chi connectivity index (χ1) is 27.8. The molecule has 3 aliphatic heterocycles. The van der Waals surface area contributed by atoms with Crippen molar-refractivity contribution in [3.63, 3.8) is 0 Å². The van der Waals surface area contributed by atoms with Gasteiger partial charge in [0.05, 0.1) is 40.9 Å². The van der Waals surface area contributed by atoms with Gasteiger partial charge in [-0.1, -0.05) is 54.9 Å². The predicted molar refractivity (Wildman–Crippen MR) is 208 cm³/mol. The standard InChI is InChI=1S/C40H39ClF3N9O5/c1-22-17-30(36(54)47-29-10-9-27(18-28(29)41)40(42,43)44)52-32(22)33(38(56)53-39(52)48-35(49-53)26-11-15-57-16-12-26)50-13-14-51(23(2)19-50)37(55)31-34(24(3)45-21-46-31)58-20-25-7-5-4-6-8-25/h4-11,18,21-23,30H,12-17,19-20H2,1-3H3,(H,47,54)/t22-,23+,30-/m0/s1. The van der Waals surface area contributed by atoms with Crippen LogP contribution < -0.4 is 20.5 Å². The van der Waals surface area contributed by atoms with Gasteiger partial charge in [-0.15, -0.1) is 5.10 Å². The Bertz CT molecular complexity index is 2510. The van der Waals surface area contributed by atoms with Crippen molar-refractivity contribution in [2.24, 2.45) is 0 Å². The maximum absolute atomic E-state index is 14.6. The van der Waals surface area contributed by atoms with Gasteiger partial charge in [-0.05, 0) is 56.0 Å². The normalized spacial score (nSPS) is 19.6. The summed E-state index contributed by atoms with van der Waals surface area (Å²) in [6.07, 6.45) is -0.655. The number of aromatic nitrogens is 6. The Morgan fingerprint density at radius 2 is 1.88 bits per heavy atom. The number of piperazine rings is 1. The number of carbonyl (C=O) groups excluding carboxylic acids is 2. The number of anilines is 2. The molecule has 0 spiro atoms. The topological polar surface area (TPSA) is 149 Å². The number of carbonyl (C=O) groups is 2. The maximum atomic E-state index is 14.6. The van der Waals surface area contributed by atoms with Crippen LogP contribution in [-0.4, -0.2) is 84.7 Å². The van der Waals surface area contributed by atoms with Crippen molar-refractivity contribution < 1.29 is 32.2 Å². The van der Waals surface area contributed by atoms with Gasteiger partial charge in [-0.2, -0.15) is 22.7 Å². The zero-order chi connectivity index (χ0) is 40.9. The van der Waals surface area contributed by atoms with Crippen molar-refractivity contribution in [3.8, 4) is 5.75 Å². The molecule has 6 heterocycles. The van der Waals surface area contributed by atoms with Gasteiger partial charge in [0.15, 0.2) is 17.3 Å². The van der Waals surface area contributed by atoms with Crippen LogP contribution in [-0.2, 0) is 22.3 Å². The molecule has 0 aliphatic carbocycles. The van der Waals surface area contributed by atoms with E-state index < -0.39 is 35.3 Å². The smallest absolute Gasteiger partial charge is 0.416 e. The van der Waals surface area contributed by atoms with E-state index in [1.165, 1.54) is 10.8 Å². The van der Waals surface area contributed by atoms with Crippen molar-refractivity contribution in [1.82, 2.24) is 34.0 Å². The van der Waals surface area contributed by atoms with E-state index in [9.17, 15) is 27.6 Å². The van der Waals surface area contributed by atoms with Crippen LogP contribution in [0.2, 0.25) is 5.02 Å². The summed E-state index contributed by atoms with van der Waals surface area (Å²) < 4.78 is 54.6. The lowest BCUT2D eigenvalue weighted by atomic mass is 10.0. The molecule has 14 nitrogen and oxygen atoms in total. The number of nitrogens with one attached hydrogen (secondary N) is 1. The number of fused-ring (bicyclic) bond motifs is 3. The molecule has 302 valence electrons. The molecule has 58 heavy (non-hydrogen) atoms. The average molecular weight is 818 g/mol. The van der Waals surface area contributed by atoms with Gasteiger partial charge < -0.3 is 24.6 Å². The highest BCUT2D eigenvalue weighted by Crippen LogP contribution is 2.43. The van der Waals surface area contributed by atoms with Crippen molar-refractivity contribution in [1.29, 1.82) is 0 Å². The summed E-state index contributed by atoms with van der Waals surface area (Å²) in [6.45, 7) is 7.34. The summed E-state index contributed by atoms with van der Waals surface area (Å²) in [5, 5.41) is 7.08. The number of rotatable bonds is 8. The number of alkyl halides is 3. The lowest BCUT2D eigenvalue weighted by molar-refractivity contribution is -0.137. The Labute approximate surface area is 335 Å². The van der Waals surface area contributed by atoms with E-state index in [2.05, 4.69) is 20.4 Å². The molecule has 3 atom stereocenters. The zero-order valence-corrected chi connectivity index (χ0v) is 32.5. The summed E-state index contributed by atoms with van der Waals surface area (Å²) in [5.41, 5.74) is 1.89. The zero-order valence-electron chi connectivity index (χ0n) is 31.8. The number of aryl methyl sites for hydroxylation is 1. The number of halogens is 4. The highest BCUT2D eigenvalue weighted by Gasteiger charge is 2.42. The Kier molecular flexibility index (Phi) is 10.4. The third-order valence-corrected chi connectivity index (χ3v) is 11.1. The Morgan fingerprint density at radius 1 is 1.09 bits per heavy atom. The summed E-state index contributed by atoms with van der Waals surface area (Å²) in [6, 6.07) is 11.0. The number of benzene rings is 2. The van der Waals surface area contributed by atoms with Gasteiger partial charge in [0.2, 0.25) is 11.7 Å². The number of nitrogens with zero attached hydrogens (tertiary/aromatic N) is 8. The summed E-state index contributed by atoms with van der Waals surface area (Å²) in [7, 11) is 0. The molecule has 2 amide bonds. The van der Waals surface area contributed by atoms with Crippen LogP contribution in [0, 0.1) is 6.92 Å². The lowest BCUT2D eigenvalue weighted by Crippen LogP contribution is -2.55. The van der Waals surface area contributed by atoms with E-state index in [1.54, 1.807) is 16.4 Å². The molecule has 2 aromatic carbocycles. The van der Waals surface area contributed by atoms with Crippen molar-refractivity contribution in [2.75, 3.05) is 43.1 Å². The number of hydrogen-bond acceptors (Lipinski definition) is 10. The molecule has 3 aromatic heterocycles. The molecular weight excluding hydrogens is 779 g/mol. The molecular formula is C40H39ClF3N9O5. The predicted octanol–water partition coefficient (Wildman–Crippen LogP) is 6.08. The van der Waals surface area contributed by atoms with Crippen molar-refractivity contribution in [2.45, 2.75) is 64.4 Å². The molecule has 1 saturated heterocycles. The van der Waals surface area contributed by atoms with Gasteiger partial charge in [-0.25, -0.2) is 9.97 Å². The summed E-state index contributed by atoms with van der Waals surface area (Å²) in [4.78, 5) is 59.9. The minimum absolute atomic E-state index is 0.00898. The Balaban J connectivity index is 1.13. The fourth-order valence-corrected chi connectivity index (χ4v) is 8.10. The number of amides is 2. The molecule has 0 radical (unpaired) electrons. The van der Waals surface area contributed by atoms with Gasteiger partial charge in [0, 0.05) is 31.6 Å². The quantitative estimate of drug-likeness (QED) is 0.195. The third-order valence-electron chi connectivity index (χ3n) is 10.8. The lowest BCUT2D eigenvalue weighted by Gasteiger charge is -2.41. The second-order valence-corrected chi connectivity index (χ2v) is 15.1. The van der Waals surface area contributed by atoms with Gasteiger partial charge in [0.1, 0.15) is 24.7 Å². The molecule has 3 aliphatic rings. The minimum Gasteiger partial charge on any atom is -0.485 e. The van der Waals surface area contributed by atoms with Crippen LogP contribution >= 0.6 is 11.6 Å². The molecule has 1 N–H and O–H groups in total. The monoisotopic (exact) mass is 817 g/mol. The second-order valence-electron chi connectivity index (χ2n) is 14.6. The van der Waals surface area contributed by atoms with Crippen LogP contribution in [0.15, 0.2) is 65.7 Å². The van der Waals surface area contributed by atoms with Crippen LogP contribution in [0.5, 0.6) is 5.75 Å². The third kappa shape index (κ3) is 7.28. The molecule has 0 unspecified atom stereocenters. The average Bonchev–Trinajstić information content (AvgIpc) is 3.81. The SMILES string of the molecule is Cc1ncnc(C(=O)N2CCN(c3c4n(c5nc(C6=CCOCC6)nn5c3=O)[C@H](C(=O)Nc3ccc(C(F)(F)F)cc3Cl)C[C@@H]4C)C[C@H]2C)c1OCc1ccccc1. The van der Waals surface area contributed by atoms with Gasteiger partial charge in [0.25, 0.3) is 11.5 Å². The van der Waals surface area contributed by atoms with E-state index in [-0.39, 0.29) is 66.7 Å². The number of ether oxygens (including phenoxy) is 2. The molecule has 5 aromatic rings. The fraction of sp³-hybridized carbons (Fsp3) is 0.375. The van der Waals surface area contributed by atoms with Gasteiger partial charge in [-0.3, -0.25) is 19.0 Å². The summed E-state index contributed by atoms with van der Waals surface area (Å²) >= 11 is 6.24. The van der Waals surface area contributed by atoms with E-state index in [1.807, 2.05) is 55.2 Å². The van der Waals surface area contributed by atoms with E-state index in [0.29, 0.717) is 48.3 Å². The molecule has 8 rings (SSSR count).